The van der Waals surface area contributed by atoms with Gasteiger partial charge < -0.3 is 15.8 Å². The minimum absolute atomic E-state index is 0.203. The van der Waals surface area contributed by atoms with Crippen molar-refractivity contribution < 1.29 is 9.53 Å². The lowest BCUT2D eigenvalue weighted by atomic mass is 10.1. The number of nitrogens with one attached hydrogen (secondary N) is 1. The van der Waals surface area contributed by atoms with E-state index in [1.54, 1.807) is 11.7 Å². The number of hydrogen-bond acceptors (Lipinski definition) is 5. The molecule has 3 N–H and O–H groups in total. The Morgan fingerprint density at radius 3 is 2.24 bits per heavy atom. The molecular weight excluding hydrogens is 414 g/mol. The first-order valence-electron chi connectivity index (χ1n) is 10.6. The van der Waals surface area contributed by atoms with Gasteiger partial charge in [-0.25, -0.2) is 9.97 Å². The Morgan fingerprint density at radius 1 is 0.939 bits per heavy atom. The number of nitrogen functional groups attached to an aromatic ring is 1. The van der Waals surface area contributed by atoms with Crippen LogP contribution in [0.2, 0.25) is 0 Å². The average molecular weight is 438 g/mol. The fraction of sp³-hybridized carbons (Fsp3) is 0.115. The number of benzene rings is 3. The summed E-state index contributed by atoms with van der Waals surface area (Å²) in [4.78, 5) is 23.0. The van der Waals surface area contributed by atoms with Crippen LogP contribution in [0.4, 0.5) is 5.82 Å². The Labute approximate surface area is 190 Å². The van der Waals surface area contributed by atoms with Crippen molar-refractivity contribution >= 4 is 33.9 Å². The molecule has 5 rings (SSSR count). The van der Waals surface area contributed by atoms with Crippen LogP contribution in [0.1, 0.15) is 28.9 Å². The zero-order chi connectivity index (χ0) is 22.9. The zero-order valence-corrected chi connectivity index (χ0v) is 18.3. The Hall–Kier alpha value is -4.39. The second kappa shape index (κ2) is 8.27. The molecule has 0 saturated carbocycles. The topological polar surface area (TPSA) is 95.1 Å². The molecule has 0 aliphatic carbocycles. The molecule has 1 atom stereocenters. The number of nitrogens with two attached hydrogens (primary N) is 1. The number of anilines is 1. The van der Waals surface area contributed by atoms with Crippen molar-refractivity contribution in [3.63, 3.8) is 0 Å². The van der Waals surface area contributed by atoms with Gasteiger partial charge in [-0.05, 0) is 48.9 Å². The van der Waals surface area contributed by atoms with Crippen LogP contribution < -0.4 is 15.8 Å². The number of rotatable bonds is 5. The van der Waals surface area contributed by atoms with Crippen molar-refractivity contribution in [2.75, 3.05) is 12.8 Å². The van der Waals surface area contributed by atoms with E-state index >= 15 is 0 Å². The molecule has 2 heterocycles. The molecule has 0 bridgehead atoms. The van der Waals surface area contributed by atoms with Gasteiger partial charge in [-0.2, -0.15) is 0 Å². The molecule has 0 radical (unpaired) electrons. The molecule has 3 aromatic carbocycles. The lowest BCUT2D eigenvalue weighted by molar-refractivity contribution is 0.0942. The van der Waals surface area contributed by atoms with Crippen LogP contribution in [-0.4, -0.2) is 27.6 Å². The maximum Gasteiger partial charge on any atom is 0.257 e. The number of carbonyl (C=O) groups excluding carboxylic acids is 1. The molecule has 7 nitrogen and oxygen atoms in total. The predicted octanol–water partition coefficient (Wildman–Crippen LogP) is 4.66. The van der Waals surface area contributed by atoms with E-state index in [9.17, 15) is 4.79 Å². The summed E-state index contributed by atoms with van der Waals surface area (Å²) in [5.74, 6) is 0.703. The third-order valence-corrected chi connectivity index (χ3v) is 5.70. The summed E-state index contributed by atoms with van der Waals surface area (Å²) in [5, 5.41) is 3.06. The normalized spacial score (nSPS) is 12.1. The number of hydrogen-bond donors (Lipinski definition) is 2. The number of para-hydroxylation sites is 2. The van der Waals surface area contributed by atoms with Crippen LogP contribution in [0.3, 0.4) is 0 Å². The fourth-order valence-electron chi connectivity index (χ4n) is 3.97. The van der Waals surface area contributed by atoms with Gasteiger partial charge in [0.25, 0.3) is 5.91 Å². The number of aromatic nitrogens is 3. The number of ether oxygens (including phenoxy) is 1. The Balaban J connectivity index is 1.68. The molecule has 0 aliphatic rings. The summed E-state index contributed by atoms with van der Waals surface area (Å²) in [6.45, 7) is 1.94. The number of carbonyl (C=O) groups is 1. The van der Waals surface area contributed by atoms with E-state index in [1.807, 2.05) is 85.8 Å². The third-order valence-electron chi connectivity index (χ3n) is 5.70. The molecule has 0 aliphatic heterocycles. The van der Waals surface area contributed by atoms with Crippen LogP contribution in [0.15, 0.2) is 78.9 Å². The van der Waals surface area contributed by atoms with Gasteiger partial charge in [0.05, 0.1) is 24.2 Å². The van der Waals surface area contributed by atoms with E-state index in [0.717, 1.165) is 22.5 Å². The molecular formula is C26H23N5O2. The van der Waals surface area contributed by atoms with Crippen LogP contribution in [-0.2, 0) is 0 Å². The smallest absolute Gasteiger partial charge is 0.257 e. The van der Waals surface area contributed by atoms with Gasteiger partial charge in [0.1, 0.15) is 22.6 Å². The quantitative estimate of drug-likeness (QED) is 0.417. The molecule has 5 aromatic rings. The molecule has 0 spiro atoms. The monoisotopic (exact) mass is 437 g/mol. The fourth-order valence-corrected chi connectivity index (χ4v) is 3.97. The Bertz CT molecular complexity index is 1460. The van der Waals surface area contributed by atoms with Crippen molar-refractivity contribution in [1.29, 1.82) is 0 Å². The summed E-state index contributed by atoms with van der Waals surface area (Å²) in [5.41, 5.74) is 11.1. The minimum atomic E-state index is -0.300. The first kappa shape index (κ1) is 20.5. The van der Waals surface area contributed by atoms with Crippen LogP contribution in [0, 0.1) is 0 Å². The highest BCUT2D eigenvalue weighted by molar-refractivity contribution is 6.11. The Morgan fingerprint density at radius 2 is 1.58 bits per heavy atom. The first-order valence-corrected chi connectivity index (χ1v) is 10.6. The van der Waals surface area contributed by atoms with E-state index < -0.39 is 0 Å². The largest absolute Gasteiger partial charge is 0.497 e. The summed E-state index contributed by atoms with van der Waals surface area (Å²) >= 11 is 0. The van der Waals surface area contributed by atoms with E-state index in [0.29, 0.717) is 22.2 Å². The van der Waals surface area contributed by atoms with E-state index in [2.05, 4.69) is 5.32 Å². The zero-order valence-electron chi connectivity index (χ0n) is 18.3. The molecule has 0 saturated heterocycles. The summed E-state index contributed by atoms with van der Waals surface area (Å²) < 4.78 is 7.04. The summed E-state index contributed by atoms with van der Waals surface area (Å²) in [6.07, 6.45) is 0. The van der Waals surface area contributed by atoms with Crippen LogP contribution >= 0.6 is 0 Å². The van der Waals surface area contributed by atoms with Gasteiger partial charge in [0.2, 0.25) is 0 Å². The highest BCUT2D eigenvalue weighted by atomic mass is 16.5. The van der Waals surface area contributed by atoms with Crippen LogP contribution in [0.25, 0.3) is 27.9 Å². The molecule has 7 heteroatoms. The van der Waals surface area contributed by atoms with Crippen molar-refractivity contribution in [2.45, 2.75) is 13.0 Å². The maximum atomic E-state index is 13.5. The molecule has 1 unspecified atom stereocenters. The average Bonchev–Trinajstić information content (AvgIpc) is 3.13. The predicted molar refractivity (Wildman–Crippen MR) is 130 cm³/mol. The molecule has 33 heavy (non-hydrogen) atoms. The molecule has 1 amide bonds. The lowest BCUT2D eigenvalue weighted by Gasteiger charge is -2.14. The van der Waals surface area contributed by atoms with Gasteiger partial charge in [0.15, 0.2) is 5.65 Å². The van der Waals surface area contributed by atoms with Gasteiger partial charge in [0, 0.05) is 5.69 Å². The lowest BCUT2D eigenvalue weighted by Crippen LogP contribution is -2.27. The maximum absolute atomic E-state index is 13.5. The summed E-state index contributed by atoms with van der Waals surface area (Å²) in [6, 6.07) is 24.6. The Kier molecular flexibility index (Phi) is 5.14. The molecule has 0 fully saturated rings. The van der Waals surface area contributed by atoms with Crippen LogP contribution in [0.5, 0.6) is 5.75 Å². The second-order valence-corrected chi connectivity index (χ2v) is 7.78. The van der Waals surface area contributed by atoms with Gasteiger partial charge in [-0.15, -0.1) is 0 Å². The van der Waals surface area contributed by atoms with Crippen molar-refractivity contribution in [3.8, 4) is 11.4 Å². The number of amides is 1. The van der Waals surface area contributed by atoms with Gasteiger partial charge in [-0.3, -0.25) is 9.36 Å². The van der Waals surface area contributed by atoms with Crippen molar-refractivity contribution in [2.24, 2.45) is 0 Å². The highest BCUT2D eigenvalue weighted by Gasteiger charge is 2.26. The van der Waals surface area contributed by atoms with Crippen molar-refractivity contribution in [1.82, 2.24) is 19.9 Å². The van der Waals surface area contributed by atoms with Crippen molar-refractivity contribution in [3.05, 3.63) is 90.0 Å². The SMILES string of the molecule is COc1ccc(-n2c(N)c(C(=O)NC(C)c3ccccc3)c3nc4ccccc4nc32)cc1. The highest BCUT2D eigenvalue weighted by Crippen LogP contribution is 2.32. The third kappa shape index (κ3) is 3.63. The first-order chi connectivity index (χ1) is 16.1. The van der Waals surface area contributed by atoms with Gasteiger partial charge >= 0.3 is 0 Å². The molecule has 2 aromatic heterocycles. The minimum Gasteiger partial charge on any atom is -0.497 e. The second-order valence-electron chi connectivity index (χ2n) is 7.78. The van der Waals surface area contributed by atoms with E-state index in [1.165, 1.54) is 0 Å². The molecule has 164 valence electrons. The van der Waals surface area contributed by atoms with Gasteiger partial charge in [-0.1, -0.05) is 42.5 Å². The van der Waals surface area contributed by atoms with E-state index in [4.69, 9.17) is 20.4 Å². The standard InChI is InChI=1S/C26H23N5O2/c1-16(17-8-4-3-5-9-17)28-26(32)22-23-25(30-21-11-7-6-10-20(21)29-23)31(24(22)27)18-12-14-19(33-2)15-13-18/h3-16H,27H2,1-2H3,(H,28,32). The number of fused-ring (bicyclic) bond motifs is 2. The van der Waals surface area contributed by atoms with E-state index in [-0.39, 0.29) is 17.8 Å². The summed E-state index contributed by atoms with van der Waals surface area (Å²) in [7, 11) is 1.61. The number of methoxy groups -OCH3 is 1. The number of nitrogens with zero attached hydrogens (tertiary/aromatic N) is 3.